The second-order valence-electron chi connectivity index (χ2n) is 5.00. The number of ether oxygens (including phenoxy) is 2. The number of hydrogen-bond acceptors (Lipinski definition) is 4. The first kappa shape index (κ1) is 12.8. The van der Waals surface area contributed by atoms with Gasteiger partial charge < -0.3 is 19.5 Å². The molecule has 0 spiro atoms. The number of fused-ring (bicyclic) bond motifs is 1. The molecule has 2 unspecified atom stereocenters. The molecule has 3 rings (SSSR count). The van der Waals surface area contributed by atoms with Crippen molar-refractivity contribution < 1.29 is 24.2 Å². The van der Waals surface area contributed by atoms with Crippen LogP contribution in [0.25, 0.3) is 0 Å². The Morgan fingerprint density at radius 1 is 1.30 bits per heavy atom. The van der Waals surface area contributed by atoms with Gasteiger partial charge in [0.15, 0.2) is 11.5 Å². The molecule has 2 heterocycles. The van der Waals surface area contributed by atoms with E-state index in [1.54, 1.807) is 25.2 Å². The fourth-order valence-electron chi connectivity index (χ4n) is 2.79. The third kappa shape index (κ3) is 1.97. The molecule has 6 heteroatoms. The molecular weight excluding hydrogens is 262 g/mol. The highest BCUT2D eigenvalue weighted by Gasteiger charge is 2.43. The highest BCUT2D eigenvalue weighted by molar-refractivity contribution is 5.87. The molecule has 2 aliphatic rings. The van der Waals surface area contributed by atoms with E-state index in [0.29, 0.717) is 24.7 Å². The molecule has 2 aliphatic heterocycles. The summed E-state index contributed by atoms with van der Waals surface area (Å²) in [5.74, 6) is -0.584. The number of aliphatic carboxylic acids is 1. The number of nitrogens with zero attached hydrogens (tertiary/aromatic N) is 1. The van der Waals surface area contributed by atoms with Crippen molar-refractivity contribution in [1.29, 1.82) is 0 Å². The number of rotatable bonds is 2. The van der Waals surface area contributed by atoms with Crippen LogP contribution in [0.4, 0.5) is 0 Å². The summed E-state index contributed by atoms with van der Waals surface area (Å²) in [5, 5.41) is 9.28. The van der Waals surface area contributed by atoms with Gasteiger partial charge in [-0.05, 0) is 17.7 Å². The van der Waals surface area contributed by atoms with Gasteiger partial charge >= 0.3 is 5.97 Å². The van der Waals surface area contributed by atoms with Gasteiger partial charge in [0.2, 0.25) is 5.91 Å². The highest BCUT2D eigenvalue weighted by atomic mass is 16.6. The van der Waals surface area contributed by atoms with E-state index in [2.05, 4.69) is 0 Å². The van der Waals surface area contributed by atoms with E-state index in [0.717, 1.165) is 5.56 Å². The Morgan fingerprint density at radius 3 is 2.70 bits per heavy atom. The van der Waals surface area contributed by atoms with Crippen molar-refractivity contribution in [3.63, 3.8) is 0 Å². The van der Waals surface area contributed by atoms with E-state index >= 15 is 0 Å². The zero-order chi connectivity index (χ0) is 14.3. The number of hydrogen-bond donors (Lipinski definition) is 1. The Balaban J connectivity index is 1.98. The van der Waals surface area contributed by atoms with Gasteiger partial charge in [-0.3, -0.25) is 9.59 Å². The maximum absolute atomic E-state index is 11.8. The number of amides is 1. The van der Waals surface area contributed by atoms with Crippen LogP contribution in [0.5, 0.6) is 11.5 Å². The van der Waals surface area contributed by atoms with Gasteiger partial charge in [-0.25, -0.2) is 0 Å². The van der Waals surface area contributed by atoms with Crippen LogP contribution >= 0.6 is 0 Å². The normalized spacial score (nSPS) is 24.9. The van der Waals surface area contributed by atoms with Gasteiger partial charge in [-0.2, -0.15) is 0 Å². The quantitative estimate of drug-likeness (QED) is 0.874. The monoisotopic (exact) mass is 277 g/mol. The first-order valence-corrected chi connectivity index (χ1v) is 6.46. The van der Waals surface area contributed by atoms with Crippen LogP contribution in [0.3, 0.4) is 0 Å². The van der Waals surface area contributed by atoms with Crippen molar-refractivity contribution >= 4 is 11.9 Å². The summed E-state index contributed by atoms with van der Waals surface area (Å²) in [6.45, 7) is 0.976. The van der Waals surface area contributed by atoms with Crippen molar-refractivity contribution in [2.24, 2.45) is 5.92 Å². The Labute approximate surface area is 115 Å². The van der Waals surface area contributed by atoms with Crippen LogP contribution in [0.2, 0.25) is 0 Å². The molecule has 106 valence electrons. The average Bonchev–Trinajstić information content (AvgIpc) is 2.75. The lowest BCUT2D eigenvalue weighted by Crippen LogP contribution is -2.27. The third-order valence-electron chi connectivity index (χ3n) is 3.81. The molecular formula is C14H15NO5. The lowest BCUT2D eigenvalue weighted by Gasteiger charge is -2.25. The molecule has 1 aromatic rings. The summed E-state index contributed by atoms with van der Waals surface area (Å²) >= 11 is 0. The molecule has 1 N–H and O–H groups in total. The van der Waals surface area contributed by atoms with E-state index < -0.39 is 17.9 Å². The number of carbonyl (C=O) groups excluding carboxylic acids is 1. The predicted octanol–water partition coefficient (Wildman–Crippen LogP) is 1.06. The number of benzene rings is 1. The van der Waals surface area contributed by atoms with Crippen LogP contribution < -0.4 is 9.47 Å². The topological polar surface area (TPSA) is 76.1 Å². The second-order valence-corrected chi connectivity index (χ2v) is 5.00. The molecule has 1 amide bonds. The van der Waals surface area contributed by atoms with Gasteiger partial charge in [0.25, 0.3) is 0 Å². The molecule has 1 fully saturated rings. The second kappa shape index (κ2) is 4.70. The zero-order valence-electron chi connectivity index (χ0n) is 11.0. The summed E-state index contributed by atoms with van der Waals surface area (Å²) in [6.07, 6.45) is 0.0327. The van der Waals surface area contributed by atoms with Crippen LogP contribution in [-0.4, -0.2) is 42.1 Å². The smallest absolute Gasteiger partial charge is 0.309 e. The maximum atomic E-state index is 11.8. The highest BCUT2D eigenvalue weighted by Crippen LogP contribution is 2.40. The Kier molecular flexibility index (Phi) is 3.00. The maximum Gasteiger partial charge on any atom is 0.309 e. The SMILES string of the molecule is CN1C(=O)CC(C(=O)O)C1c1ccc2c(c1)OCCO2. The first-order chi connectivity index (χ1) is 9.58. The van der Waals surface area contributed by atoms with Gasteiger partial charge in [0.05, 0.1) is 12.0 Å². The van der Waals surface area contributed by atoms with Crippen molar-refractivity contribution in [1.82, 2.24) is 4.90 Å². The first-order valence-electron chi connectivity index (χ1n) is 6.46. The summed E-state index contributed by atoms with van der Waals surface area (Å²) in [4.78, 5) is 24.6. The van der Waals surface area contributed by atoms with Gasteiger partial charge in [0, 0.05) is 13.5 Å². The summed E-state index contributed by atoms with van der Waals surface area (Å²) in [6, 6.07) is 4.86. The largest absolute Gasteiger partial charge is 0.486 e. The molecule has 0 radical (unpaired) electrons. The van der Waals surface area contributed by atoms with Crippen molar-refractivity contribution in [3.05, 3.63) is 23.8 Å². The minimum Gasteiger partial charge on any atom is -0.486 e. The molecule has 0 saturated carbocycles. The molecule has 6 nitrogen and oxygen atoms in total. The van der Waals surface area contributed by atoms with Crippen molar-refractivity contribution in [2.45, 2.75) is 12.5 Å². The van der Waals surface area contributed by atoms with Crippen LogP contribution in [0, 0.1) is 5.92 Å². The Bertz CT molecular complexity index is 571. The fourth-order valence-corrected chi connectivity index (χ4v) is 2.79. The fraction of sp³-hybridized carbons (Fsp3) is 0.429. The number of carbonyl (C=O) groups is 2. The lowest BCUT2D eigenvalue weighted by atomic mass is 9.93. The van der Waals surface area contributed by atoms with Gasteiger partial charge in [-0.15, -0.1) is 0 Å². The van der Waals surface area contributed by atoms with Crippen LogP contribution in [-0.2, 0) is 9.59 Å². The summed E-state index contributed by atoms with van der Waals surface area (Å²) < 4.78 is 10.9. The molecule has 2 atom stereocenters. The molecule has 1 aromatic carbocycles. The van der Waals surface area contributed by atoms with Gasteiger partial charge in [0.1, 0.15) is 13.2 Å². The molecule has 1 saturated heterocycles. The van der Waals surface area contributed by atoms with E-state index in [1.807, 2.05) is 0 Å². The number of carboxylic acid groups (broad SMARTS) is 1. The molecule has 20 heavy (non-hydrogen) atoms. The zero-order valence-corrected chi connectivity index (χ0v) is 11.0. The van der Waals surface area contributed by atoms with E-state index in [4.69, 9.17) is 9.47 Å². The van der Waals surface area contributed by atoms with Crippen molar-refractivity contribution in [3.8, 4) is 11.5 Å². The van der Waals surface area contributed by atoms with Crippen LogP contribution in [0.1, 0.15) is 18.0 Å². The third-order valence-corrected chi connectivity index (χ3v) is 3.81. The minimum absolute atomic E-state index is 0.0327. The average molecular weight is 277 g/mol. The Morgan fingerprint density at radius 2 is 2.00 bits per heavy atom. The Hall–Kier alpha value is -2.24. The number of likely N-dealkylation sites (tertiary alicyclic amines) is 1. The predicted molar refractivity (Wildman–Crippen MR) is 68.7 cm³/mol. The summed E-state index contributed by atoms with van der Waals surface area (Å²) in [7, 11) is 1.63. The molecule has 0 aliphatic carbocycles. The van der Waals surface area contributed by atoms with Gasteiger partial charge in [-0.1, -0.05) is 6.07 Å². The van der Waals surface area contributed by atoms with E-state index in [-0.39, 0.29) is 12.3 Å². The standard InChI is InChI=1S/C14H15NO5/c1-15-12(16)7-9(14(17)18)13(15)8-2-3-10-11(6-8)20-5-4-19-10/h2-3,6,9,13H,4-5,7H2,1H3,(H,17,18). The molecule has 0 aromatic heterocycles. The van der Waals surface area contributed by atoms with E-state index in [9.17, 15) is 14.7 Å². The summed E-state index contributed by atoms with van der Waals surface area (Å²) in [5.41, 5.74) is 0.759. The minimum atomic E-state index is -0.956. The van der Waals surface area contributed by atoms with E-state index in [1.165, 1.54) is 4.90 Å². The van der Waals surface area contributed by atoms with Crippen molar-refractivity contribution in [2.75, 3.05) is 20.3 Å². The molecule has 0 bridgehead atoms. The number of carboxylic acids is 1. The lowest BCUT2D eigenvalue weighted by molar-refractivity contribution is -0.142. The van der Waals surface area contributed by atoms with Crippen LogP contribution in [0.15, 0.2) is 18.2 Å².